The molecule has 2 aromatic heterocycles. The number of rotatable bonds is 3. The van der Waals surface area contributed by atoms with Gasteiger partial charge in [0.05, 0.1) is 4.90 Å². The maximum atomic E-state index is 13.0. The molecule has 3 rings (SSSR count). The molecule has 0 aliphatic heterocycles. The van der Waals surface area contributed by atoms with Crippen LogP contribution in [0.4, 0.5) is 13.2 Å². The Morgan fingerprint density at radius 3 is 2.58 bits per heavy atom. The zero-order valence-corrected chi connectivity index (χ0v) is 13.7. The molecule has 1 aromatic carbocycles. The van der Waals surface area contributed by atoms with Gasteiger partial charge in [-0.05, 0) is 12.1 Å². The number of sulfone groups is 1. The van der Waals surface area contributed by atoms with Gasteiger partial charge >= 0.3 is 6.18 Å². The van der Waals surface area contributed by atoms with E-state index in [1.54, 1.807) is 12.1 Å². The number of aromatic nitrogens is 4. The molecule has 0 amide bonds. The van der Waals surface area contributed by atoms with Gasteiger partial charge in [-0.15, -0.1) is 0 Å². The minimum Gasteiger partial charge on any atom is -0.224 e. The van der Waals surface area contributed by atoms with Gasteiger partial charge in [0, 0.05) is 17.2 Å². The molecule has 0 fully saturated rings. The highest BCUT2D eigenvalue weighted by Gasteiger charge is 2.34. The molecule has 2 heterocycles. The first-order valence-corrected chi connectivity index (χ1v) is 9.12. The molecule has 0 aliphatic rings. The van der Waals surface area contributed by atoms with Crippen molar-refractivity contribution in [1.82, 2.24) is 19.6 Å². The van der Waals surface area contributed by atoms with Gasteiger partial charge < -0.3 is 0 Å². The maximum absolute atomic E-state index is 13.0. The van der Waals surface area contributed by atoms with E-state index < -0.39 is 21.7 Å². The molecular weight excluding hydrogens is 365 g/mol. The summed E-state index contributed by atoms with van der Waals surface area (Å²) in [7, 11) is -3.54. The van der Waals surface area contributed by atoms with Crippen LogP contribution in [0, 0.1) is 0 Å². The van der Waals surface area contributed by atoms with E-state index in [9.17, 15) is 21.6 Å². The smallest absolute Gasteiger partial charge is 0.224 e. The second kappa shape index (κ2) is 5.74. The van der Waals surface area contributed by atoms with Crippen LogP contribution < -0.4 is 0 Å². The van der Waals surface area contributed by atoms with Crippen LogP contribution in [0.15, 0.2) is 51.5 Å². The van der Waals surface area contributed by atoms with Crippen molar-refractivity contribution in [1.29, 1.82) is 0 Å². The summed E-state index contributed by atoms with van der Waals surface area (Å²) in [6.45, 7) is 0. The van der Waals surface area contributed by atoms with Crippen molar-refractivity contribution in [2.75, 3.05) is 6.26 Å². The van der Waals surface area contributed by atoms with Crippen LogP contribution in [-0.4, -0.2) is 34.3 Å². The summed E-state index contributed by atoms with van der Waals surface area (Å²) < 4.78 is 63.8. The van der Waals surface area contributed by atoms with Crippen LogP contribution in [0.3, 0.4) is 0 Å². The zero-order valence-electron chi connectivity index (χ0n) is 12.0. The summed E-state index contributed by atoms with van der Waals surface area (Å²) >= 11 is 0.847. The number of benzene rings is 1. The van der Waals surface area contributed by atoms with Crippen molar-refractivity contribution < 1.29 is 21.6 Å². The van der Waals surface area contributed by atoms with Crippen molar-refractivity contribution >= 4 is 27.4 Å². The third-order valence-electron chi connectivity index (χ3n) is 2.97. The zero-order chi connectivity index (χ0) is 17.5. The Hall–Kier alpha value is -2.14. The summed E-state index contributed by atoms with van der Waals surface area (Å²) in [6, 6.07) is 6.85. The van der Waals surface area contributed by atoms with Gasteiger partial charge in [-0.1, -0.05) is 23.9 Å². The Labute approximate surface area is 138 Å². The van der Waals surface area contributed by atoms with E-state index >= 15 is 0 Å². The Kier molecular flexibility index (Phi) is 4.00. The molecule has 11 heteroatoms. The van der Waals surface area contributed by atoms with Gasteiger partial charge in [-0.25, -0.2) is 13.4 Å². The number of hydrogen-bond acceptors (Lipinski definition) is 6. The highest BCUT2D eigenvalue weighted by atomic mass is 32.2. The monoisotopic (exact) mass is 374 g/mol. The summed E-state index contributed by atoms with van der Waals surface area (Å²) in [6.07, 6.45) is -2.54. The molecule has 0 saturated heterocycles. The predicted molar refractivity (Wildman–Crippen MR) is 79.5 cm³/mol. The number of alkyl halides is 3. The fourth-order valence-electron chi connectivity index (χ4n) is 1.96. The molecule has 24 heavy (non-hydrogen) atoms. The van der Waals surface area contributed by atoms with Gasteiger partial charge in [-0.2, -0.15) is 27.8 Å². The van der Waals surface area contributed by atoms with Crippen molar-refractivity contribution in [3.8, 4) is 0 Å². The molecule has 0 bridgehead atoms. The maximum Gasteiger partial charge on any atom is 0.433 e. The van der Waals surface area contributed by atoms with E-state index in [0.717, 1.165) is 34.9 Å². The molecule has 126 valence electrons. The first-order valence-electron chi connectivity index (χ1n) is 6.41. The van der Waals surface area contributed by atoms with E-state index in [2.05, 4.69) is 15.1 Å². The van der Waals surface area contributed by atoms with Crippen LogP contribution in [0.5, 0.6) is 0 Å². The topological polar surface area (TPSA) is 77.2 Å². The van der Waals surface area contributed by atoms with Crippen LogP contribution in [0.1, 0.15) is 5.69 Å². The summed E-state index contributed by atoms with van der Waals surface area (Å²) in [5.41, 5.74) is -1.12. The van der Waals surface area contributed by atoms with E-state index in [1.807, 2.05) is 0 Å². The van der Waals surface area contributed by atoms with Crippen molar-refractivity contribution in [3.05, 3.63) is 42.4 Å². The minimum atomic E-state index is -4.65. The van der Waals surface area contributed by atoms with Crippen LogP contribution in [0.25, 0.3) is 5.78 Å². The fourth-order valence-corrected chi connectivity index (χ4v) is 4.22. The molecule has 0 radical (unpaired) electrons. The van der Waals surface area contributed by atoms with Gasteiger partial charge in [0.1, 0.15) is 11.4 Å². The van der Waals surface area contributed by atoms with Gasteiger partial charge in [0.2, 0.25) is 0 Å². The lowest BCUT2D eigenvalue weighted by atomic mass is 10.4. The lowest BCUT2D eigenvalue weighted by molar-refractivity contribution is -0.141. The summed E-state index contributed by atoms with van der Waals surface area (Å²) in [5.74, 6) is -0.218. The first-order chi connectivity index (χ1) is 11.2. The van der Waals surface area contributed by atoms with E-state index in [4.69, 9.17) is 0 Å². The number of hydrogen-bond donors (Lipinski definition) is 0. The number of nitrogens with zero attached hydrogens (tertiary/aromatic N) is 4. The highest BCUT2D eigenvalue weighted by Crippen LogP contribution is 2.35. The van der Waals surface area contributed by atoms with Gasteiger partial charge in [0.25, 0.3) is 5.78 Å². The predicted octanol–water partition coefficient (Wildman–Crippen LogP) is 2.70. The Morgan fingerprint density at radius 2 is 1.92 bits per heavy atom. The lowest BCUT2D eigenvalue weighted by Gasteiger charge is -2.11. The molecule has 3 aromatic rings. The minimum absolute atomic E-state index is 0.0219. The lowest BCUT2D eigenvalue weighted by Crippen LogP contribution is -2.11. The number of halogens is 3. The average Bonchev–Trinajstić information content (AvgIpc) is 2.94. The van der Waals surface area contributed by atoms with Crippen LogP contribution in [0.2, 0.25) is 0 Å². The largest absolute Gasteiger partial charge is 0.433 e. The SMILES string of the molecule is CS(=O)(=O)c1ccccc1Sc1cc(C(F)(F)F)nc2ncnn12. The van der Waals surface area contributed by atoms with E-state index in [-0.39, 0.29) is 20.6 Å². The van der Waals surface area contributed by atoms with E-state index in [0.29, 0.717) is 0 Å². The van der Waals surface area contributed by atoms with Gasteiger partial charge in [-0.3, -0.25) is 0 Å². The van der Waals surface area contributed by atoms with Crippen LogP contribution >= 0.6 is 11.8 Å². The Bertz CT molecular complexity index is 1020. The molecular formula is C13H9F3N4O2S2. The van der Waals surface area contributed by atoms with Crippen molar-refractivity contribution in [3.63, 3.8) is 0 Å². The van der Waals surface area contributed by atoms with Crippen molar-refractivity contribution in [2.24, 2.45) is 0 Å². The highest BCUT2D eigenvalue weighted by molar-refractivity contribution is 8.00. The normalized spacial score (nSPS) is 12.7. The van der Waals surface area contributed by atoms with Gasteiger partial charge in [0.15, 0.2) is 15.5 Å². The summed E-state index contributed by atoms with van der Waals surface area (Å²) in [4.78, 5) is 7.40. The van der Waals surface area contributed by atoms with Crippen molar-refractivity contribution in [2.45, 2.75) is 21.0 Å². The third-order valence-corrected chi connectivity index (χ3v) is 5.33. The molecule has 0 atom stereocenters. The molecule has 0 N–H and O–H groups in total. The van der Waals surface area contributed by atoms with E-state index in [1.165, 1.54) is 12.1 Å². The second-order valence-electron chi connectivity index (χ2n) is 4.77. The molecule has 0 saturated carbocycles. The standard InChI is InChI=1S/C13H9F3N4O2S2/c1-24(21,22)9-5-3-2-4-8(9)23-11-6-10(13(14,15)16)19-12-17-7-18-20(11)12/h2-7H,1H3. The third kappa shape index (κ3) is 3.22. The average molecular weight is 374 g/mol. The molecule has 0 unspecified atom stereocenters. The summed E-state index contributed by atoms with van der Waals surface area (Å²) in [5, 5.41) is 3.89. The fraction of sp³-hybridized carbons (Fsp3) is 0.154. The quantitative estimate of drug-likeness (QED) is 0.656. The van der Waals surface area contributed by atoms with Crippen LogP contribution in [-0.2, 0) is 16.0 Å². The first kappa shape index (κ1) is 16.7. The molecule has 0 aliphatic carbocycles. The Balaban J connectivity index is 2.16. The molecule has 6 nitrogen and oxygen atoms in total. The Morgan fingerprint density at radius 1 is 1.21 bits per heavy atom. The number of fused-ring (bicyclic) bond motifs is 1. The molecule has 0 spiro atoms. The second-order valence-corrected chi connectivity index (χ2v) is 7.82.